The summed E-state index contributed by atoms with van der Waals surface area (Å²) >= 11 is 1.21. The van der Waals surface area contributed by atoms with E-state index in [1.807, 2.05) is 30.3 Å². The first-order valence-corrected chi connectivity index (χ1v) is 9.55. The molecule has 0 aromatic heterocycles. The maximum Gasteiger partial charge on any atom is 0.247 e. The predicted octanol–water partition coefficient (Wildman–Crippen LogP) is 3.25. The molecule has 0 bridgehead atoms. The number of imide groups is 1. The molecule has 1 fully saturated rings. The Morgan fingerprint density at radius 3 is 2.65 bits per heavy atom. The Morgan fingerprint density at radius 1 is 1.15 bits per heavy atom. The van der Waals surface area contributed by atoms with Crippen molar-refractivity contribution in [3.05, 3.63) is 60.2 Å². The summed E-state index contributed by atoms with van der Waals surface area (Å²) in [5.41, 5.74) is 2.46. The van der Waals surface area contributed by atoms with Crippen molar-refractivity contribution in [3.63, 3.8) is 0 Å². The lowest BCUT2D eigenvalue weighted by molar-refractivity contribution is -0.121. The van der Waals surface area contributed by atoms with Crippen LogP contribution in [-0.4, -0.2) is 28.7 Å². The molecule has 26 heavy (non-hydrogen) atoms. The number of carbonyl (C=O) groups is 3. The van der Waals surface area contributed by atoms with Crippen LogP contribution in [0.15, 0.2) is 54.6 Å². The topological polar surface area (TPSA) is 66.5 Å². The summed E-state index contributed by atoms with van der Waals surface area (Å²) < 4.78 is 0. The summed E-state index contributed by atoms with van der Waals surface area (Å²) in [5, 5.41) is 2.32. The SMILES string of the molecule is CCc1cccc(NC(=O)CS[C@H]2CC(=O)N(c3ccccc3)C2=O)c1. The highest BCUT2D eigenvalue weighted by atomic mass is 32.2. The molecule has 0 aliphatic carbocycles. The first-order chi connectivity index (χ1) is 12.6. The van der Waals surface area contributed by atoms with Gasteiger partial charge in [0.2, 0.25) is 17.7 Å². The minimum Gasteiger partial charge on any atom is -0.325 e. The van der Waals surface area contributed by atoms with Gasteiger partial charge in [-0.25, -0.2) is 4.90 Å². The average molecular weight is 368 g/mol. The van der Waals surface area contributed by atoms with Crippen LogP contribution in [0.3, 0.4) is 0 Å². The third-order valence-electron chi connectivity index (χ3n) is 4.15. The maximum atomic E-state index is 12.5. The molecule has 2 aromatic rings. The third-order valence-corrected chi connectivity index (χ3v) is 5.35. The minimum atomic E-state index is -0.518. The fourth-order valence-corrected chi connectivity index (χ4v) is 3.76. The van der Waals surface area contributed by atoms with E-state index < -0.39 is 5.25 Å². The van der Waals surface area contributed by atoms with Crippen molar-refractivity contribution in [1.82, 2.24) is 0 Å². The summed E-state index contributed by atoms with van der Waals surface area (Å²) in [4.78, 5) is 38.1. The molecular weight excluding hydrogens is 348 g/mol. The number of amides is 3. The summed E-state index contributed by atoms with van der Waals surface area (Å²) in [6.45, 7) is 2.05. The van der Waals surface area contributed by atoms with E-state index in [4.69, 9.17) is 0 Å². The Labute approximate surface area is 156 Å². The van der Waals surface area contributed by atoms with Crippen molar-refractivity contribution in [3.8, 4) is 0 Å². The van der Waals surface area contributed by atoms with E-state index >= 15 is 0 Å². The second kappa shape index (κ2) is 8.19. The number of nitrogens with zero attached hydrogens (tertiary/aromatic N) is 1. The molecule has 0 radical (unpaired) electrons. The highest BCUT2D eigenvalue weighted by Crippen LogP contribution is 2.29. The van der Waals surface area contributed by atoms with Gasteiger partial charge < -0.3 is 5.32 Å². The van der Waals surface area contributed by atoms with Crippen molar-refractivity contribution >= 4 is 40.9 Å². The summed E-state index contributed by atoms with van der Waals surface area (Å²) in [6.07, 6.45) is 1.02. The van der Waals surface area contributed by atoms with Crippen LogP contribution >= 0.6 is 11.8 Å². The zero-order valence-corrected chi connectivity index (χ0v) is 15.3. The number of para-hydroxylation sites is 1. The molecule has 1 N–H and O–H groups in total. The van der Waals surface area contributed by atoms with Crippen molar-refractivity contribution < 1.29 is 14.4 Å². The summed E-state index contributed by atoms with van der Waals surface area (Å²) in [6, 6.07) is 16.5. The Hall–Kier alpha value is -2.60. The maximum absolute atomic E-state index is 12.5. The fourth-order valence-electron chi connectivity index (χ4n) is 2.82. The van der Waals surface area contributed by atoms with E-state index in [9.17, 15) is 14.4 Å². The highest BCUT2D eigenvalue weighted by molar-refractivity contribution is 8.01. The van der Waals surface area contributed by atoms with Gasteiger partial charge in [0.05, 0.1) is 16.7 Å². The van der Waals surface area contributed by atoms with Gasteiger partial charge in [0, 0.05) is 12.1 Å². The van der Waals surface area contributed by atoms with Gasteiger partial charge in [-0.3, -0.25) is 14.4 Å². The van der Waals surface area contributed by atoms with Crippen molar-refractivity contribution in [2.75, 3.05) is 16.0 Å². The second-order valence-electron chi connectivity index (χ2n) is 6.01. The van der Waals surface area contributed by atoms with Gasteiger partial charge in [0.1, 0.15) is 0 Å². The zero-order valence-electron chi connectivity index (χ0n) is 14.5. The van der Waals surface area contributed by atoms with E-state index in [0.29, 0.717) is 5.69 Å². The molecule has 5 nitrogen and oxygen atoms in total. The molecule has 3 rings (SSSR count). The van der Waals surface area contributed by atoms with Crippen LogP contribution in [0.1, 0.15) is 18.9 Å². The molecule has 1 atom stereocenters. The van der Waals surface area contributed by atoms with Gasteiger partial charge in [0.15, 0.2) is 0 Å². The first-order valence-electron chi connectivity index (χ1n) is 8.50. The molecule has 1 aliphatic rings. The van der Waals surface area contributed by atoms with E-state index in [1.165, 1.54) is 16.7 Å². The lowest BCUT2D eigenvalue weighted by atomic mass is 10.1. The molecule has 1 saturated heterocycles. The van der Waals surface area contributed by atoms with Gasteiger partial charge in [-0.2, -0.15) is 0 Å². The molecule has 1 heterocycles. The standard InChI is InChI=1S/C20H20N2O3S/c1-2-14-7-6-8-15(11-14)21-18(23)13-26-17-12-19(24)22(20(17)25)16-9-4-3-5-10-16/h3-11,17H,2,12-13H2,1H3,(H,21,23)/t17-/m0/s1. The number of aryl methyl sites for hydroxylation is 1. The number of nitrogens with one attached hydrogen (secondary N) is 1. The van der Waals surface area contributed by atoms with Crippen LogP contribution in [0.2, 0.25) is 0 Å². The number of anilines is 2. The molecular formula is C20H20N2O3S. The number of hydrogen-bond donors (Lipinski definition) is 1. The molecule has 0 spiro atoms. The van der Waals surface area contributed by atoms with E-state index in [2.05, 4.69) is 12.2 Å². The van der Waals surface area contributed by atoms with E-state index in [0.717, 1.165) is 17.7 Å². The molecule has 2 aromatic carbocycles. The van der Waals surface area contributed by atoms with Gasteiger partial charge in [0.25, 0.3) is 0 Å². The quantitative estimate of drug-likeness (QED) is 0.795. The Kier molecular flexibility index (Phi) is 5.73. The summed E-state index contributed by atoms with van der Waals surface area (Å²) in [5.74, 6) is -0.536. The Bertz CT molecular complexity index is 823. The number of thioether (sulfide) groups is 1. The number of carbonyl (C=O) groups excluding carboxylic acids is 3. The van der Waals surface area contributed by atoms with Gasteiger partial charge in [-0.05, 0) is 36.2 Å². The van der Waals surface area contributed by atoms with Gasteiger partial charge in [-0.1, -0.05) is 37.3 Å². The number of rotatable bonds is 6. The lowest BCUT2D eigenvalue weighted by Crippen LogP contribution is -2.31. The van der Waals surface area contributed by atoms with Gasteiger partial charge >= 0.3 is 0 Å². The van der Waals surface area contributed by atoms with Crippen LogP contribution in [-0.2, 0) is 20.8 Å². The predicted molar refractivity (Wildman–Crippen MR) is 104 cm³/mol. The van der Waals surface area contributed by atoms with Crippen molar-refractivity contribution in [2.45, 2.75) is 25.0 Å². The largest absolute Gasteiger partial charge is 0.325 e. The Balaban J connectivity index is 1.57. The number of benzene rings is 2. The third kappa shape index (κ3) is 4.14. The molecule has 0 saturated carbocycles. The first kappa shape index (κ1) is 18.2. The van der Waals surface area contributed by atoms with Crippen LogP contribution in [0.25, 0.3) is 0 Å². The molecule has 3 amide bonds. The molecule has 0 unspecified atom stereocenters. The number of hydrogen-bond acceptors (Lipinski definition) is 4. The van der Waals surface area contributed by atoms with Crippen LogP contribution in [0.4, 0.5) is 11.4 Å². The fraction of sp³-hybridized carbons (Fsp3) is 0.250. The average Bonchev–Trinajstić information content (AvgIpc) is 2.94. The zero-order chi connectivity index (χ0) is 18.5. The van der Waals surface area contributed by atoms with Crippen molar-refractivity contribution in [1.29, 1.82) is 0 Å². The highest BCUT2D eigenvalue weighted by Gasteiger charge is 2.39. The van der Waals surface area contributed by atoms with Crippen LogP contribution in [0, 0.1) is 0 Å². The van der Waals surface area contributed by atoms with Gasteiger partial charge in [-0.15, -0.1) is 11.8 Å². The van der Waals surface area contributed by atoms with Crippen molar-refractivity contribution in [2.24, 2.45) is 0 Å². The lowest BCUT2D eigenvalue weighted by Gasteiger charge is -2.14. The smallest absolute Gasteiger partial charge is 0.247 e. The van der Waals surface area contributed by atoms with E-state index in [1.54, 1.807) is 24.3 Å². The van der Waals surface area contributed by atoms with Crippen LogP contribution < -0.4 is 10.2 Å². The molecule has 6 heteroatoms. The Morgan fingerprint density at radius 2 is 1.92 bits per heavy atom. The van der Waals surface area contributed by atoms with Crippen LogP contribution in [0.5, 0.6) is 0 Å². The minimum absolute atomic E-state index is 0.122. The monoisotopic (exact) mass is 368 g/mol. The molecule has 1 aliphatic heterocycles. The molecule has 134 valence electrons. The second-order valence-corrected chi connectivity index (χ2v) is 7.20. The van der Waals surface area contributed by atoms with E-state index in [-0.39, 0.29) is 29.9 Å². The normalized spacial score (nSPS) is 16.8. The summed E-state index contributed by atoms with van der Waals surface area (Å²) in [7, 11) is 0.